The second-order valence-corrected chi connectivity index (χ2v) is 11.7. The third-order valence-electron chi connectivity index (χ3n) is 7.99. The predicted molar refractivity (Wildman–Crippen MR) is 179 cm³/mol. The molecule has 0 aliphatic rings. The molecule has 0 spiro atoms. The minimum atomic E-state index is 0.630. The lowest BCUT2D eigenvalue weighted by Gasteiger charge is -2.11. The van der Waals surface area contributed by atoms with Crippen molar-refractivity contribution < 1.29 is 0 Å². The zero-order chi connectivity index (χ0) is 29.0. The number of nitrogens with zero attached hydrogens (tertiary/aromatic N) is 6. The van der Waals surface area contributed by atoms with Crippen molar-refractivity contribution in [3.8, 4) is 39.9 Å². The van der Waals surface area contributed by atoms with Crippen molar-refractivity contribution in [1.82, 2.24) is 29.5 Å². The number of fused-ring (bicyclic) bond motifs is 6. The fourth-order valence-corrected chi connectivity index (χ4v) is 7.02. The molecule has 0 atom stereocenters. The van der Waals surface area contributed by atoms with E-state index >= 15 is 0 Å². The van der Waals surface area contributed by atoms with Gasteiger partial charge in [0.05, 0.1) is 21.3 Å². The van der Waals surface area contributed by atoms with Crippen LogP contribution >= 0.6 is 11.3 Å². The molecule has 6 nitrogen and oxygen atoms in total. The highest BCUT2D eigenvalue weighted by Crippen LogP contribution is 2.40. The monoisotopic (exact) mass is 582 g/mol. The summed E-state index contributed by atoms with van der Waals surface area (Å²) in [6.45, 7) is 0. The molecule has 4 aromatic heterocycles. The Bertz CT molecular complexity index is 2440. The maximum absolute atomic E-state index is 4.97. The molecule has 5 aromatic carbocycles. The maximum atomic E-state index is 4.97. The highest BCUT2D eigenvalue weighted by molar-refractivity contribution is 7.25. The highest BCUT2D eigenvalue weighted by Gasteiger charge is 2.17. The van der Waals surface area contributed by atoms with Crippen LogP contribution in [0.25, 0.3) is 82.0 Å². The summed E-state index contributed by atoms with van der Waals surface area (Å²) >= 11 is 1.72. The molecule has 4 heterocycles. The van der Waals surface area contributed by atoms with Crippen LogP contribution in [0.4, 0.5) is 0 Å². The van der Waals surface area contributed by atoms with Gasteiger partial charge in [0.1, 0.15) is 6.33 Å². The molecule has 0 saturated heterocycles. The first-order chi connectivity index (χ1) is 21.8. The van der Waals surface area contributed by atoms with Crippen LogP contribution in [0.5, 0.6) is 0 Å². The first-order valence-electron chi connectivity index (χ1n) is 14.3. The van der Waals surface area contributed by atoms with Crippen molar-refractivity contribution in [1.29, 1.82) is 0 Å². The Morgan fingerprint density at radius 2 is 1.16 bits per heavy atom. The number of aromatic nitrogens is 6. The molecule has 44 heavy (non-hydrogen) atoms. The second kappa shape index (κ2) is 9.90. The normalized spacial score (nSPS) is 11.6. The summed E-state index contributed by atoms with van der Waals surface area (Å²) in [6.07, 6.45) is 3.52. The van der Waals surface area contributed by atoms with E-state index in [1.165, 1.54) is 15.5 Å². The van der Waals surface area contributed by atoms with Gasteiger partial charge < -0.3 is 4.57 Å². The van der Waals surface area contributed by atoms with Crippen molar-refractivity contribution in [2.45, 2.75) is 0 Å². The minimum absolute atomic E-state index is 0.630. The molecule has 0 fully saturated rings. The molecule has 0 saturated carbocycles. The predicted octanol–water partition coefficient (Wildman–Crippen LogP) is 9.13. The van der Waals surface area contributed by atoms with E-state index in [0.717, 1.165) is 49.0 Å². The standard InChI is InChI=1S/C37H22N6S/c1-3-10-23(11-4-1)35-40-36(24-12-5-2-6-13-24)42-37(41-35)25-14-9-15-26(18-25)43-30-17-8-7-16-27(30)28-19-29-32(20-31(28)43)44-33-21-38-22-39-34(29)33/h1-22H. The van der Waals surface area contributed by atoms with Gasteiger partial charge in [-0.05, 0) is 30.3 Å². The molecule has 0 amide bonds. The van der Waals surface area contributed by atoms with Gasteiger partial charge >= 0.3 is 0 Å². The Morgan fingerprint density at radius 3 is 1.91 bits per heavy atom. The molecule has 0 unspecified atom stereocenters. The maximum Gasteiger partial charge on any atom is 0.164 e. The molecule has 9 rings (SSSR count). The van der Waals surface area contributed by atoms with Gasteiger partial charge in [0.25, 0.3) is 0 Å². The molecule has 0 aliphatic heterocycles. The summed E-state index contributed by atoms with van der Waals surface area (Å²) in [7, 11) is 0. The average Bonchev–Trinajstić information content (AvgIpc) is 3.62. The average molecular weight is 583 g/mol. The molecule has 9 aromatic rings. The molecule has 7 heteroatoms. The van der Waals surface area contributed by atoms with Crippen molar-refractivity contribution in [3.63, 3.8) is 0 Å². The first kappa shape index (κ1) is 24.8. The Balaban J connectivity index is 1.27. The number of hydrogen-bond acceptors (Lipinski definition) is 6. The summed E-state index contributed by atoms with van der Waals surface area (Å²) < 4.78 is 4.61. The van der Waals surface area contributed by atoms with Gasteiger partial charge in [-0.25, -0.2) is 24.9 Å². The van der Waals surface area contributed by atoms with Crippen molar-refractivity contribution in [2.75, 3.05) is 0 Å². The van der Waals surface area contributed by atoms with E-state index in [-0.39, 0.29) is 0 Å². The van der Waals surface area contributed by atoms with Crippen LogP contribution < -0.4 is 0 Å². The smallest absolute Gasteiger partial charge is 0.164 e. The SMILES string of the molecule is c1ccc(-c2nc(-c3ccccc3)nc(-c3cccc(-n4c5ccccc5c5cc6c(cc54)sc4cncnc46)c3)n2)cc1. The zero-order valence-electron chi connectivity index (χ0n) is 23.3. The number of rotatable bonds is 4. The van der Waals surface area contributed by atoms with E-state index in [0.29, 0.717) is 17.5 Å². The summed E-state index contributed by atoms with van der Waals surface area (Å²) in [5, 5.41) is 3.54. The van der Waals surface area contributed by atoms with Gasteiger partial charge in [-0.15, -0.1) is 11.3 Å². The molecule has 206 valence electrons. The van der Waals surface area contributed by atoms with Crippen LogP contribution in [-0.4, -0.2) is 29.5 Å². The lowest BCUT2D eigenvalue weighted by atomic mass is 10.1. The summed E-state index contributed by atoms with van der Waals surface area (Å²) in [4.78, 5) is 23.6. The fourth-order valence-electron chi connectivity index (χ4n) is 5.98. The number of benzene rings is 5. The van der Waals surface area contributed by atoms with Crippen molar-refractivity contribution >= 4 is 53.4 Å². The fraction of sp³-hybridized carbons (Fsp3) is 0. The van der Waals surface area contributed by atoms with Crippen LogP contribution in [0.3, 0.4) is 0 Å². The van der Waals surface area contributed by atoms with Gasteiger partial charge in [0, 0.05) is 49.4 Å². The van der Waals surface area contributed by atoms with Crippen molar-refractivity contribution in [3.05, 3.63) is 134 Å². The molecule has 0 bridgehead atoms. The largest absolute Gasteiger partial charge is 0.309 e. The van der Waals surface area contributed by atoms with Crippen LogP contribution in [-0.2, 0) is 0 Å². The van der Waals surface area contributed by atoms with E-state index in [9.17, 15) is 0 Å². The minimum Gasteiger partial charge on any atom is -0.309 e. The molecule has 0 N–H and O–H groups in total. The Morgan fingerprint density at radius 1 is 0.500 bits per heavy atom. The topological polar surface area (TPSA) is 69.4 Å². The molecule has 0 aliphatic carbocycles. The Labute approximate surface area is 256 Å². The van der Waals surface area contributed by atoms with E-state index in [1.807, 2.05) is 66.9 Å². The van der Waals surface area contributed by atoms with Gasteiger partial charge in [-0.1, -0.05) is 91.0 Å². The van der Waals surface area contributed by atoms with E-state index < -0.39 is 0 Å². The summed E-state index contributed by atoms with van der Waals surface area (Å²) in [5.41, 5.74) is 7.13. The number of hydrogen-bond donors (Lipinski definition) is 0. The third-order valence-corrected chi connectivity index (χ3v) is 9.07. The first-order valence-corrected chi connectivity index (χ1v) is 15.1. The van der Waals surface area contributed by atoms with Gasteiger partial charge in [-0.3, -0.25) is 0 Å². The molecule has 0 radical (unpaired) electrons. The lowest BCUT2D eigenvalue weighted by molar-refractivity contribution is 1.07. The quantitative estimate of drug-likeness (QED) is 0.207. The lowest BCUT2D eigenvalue weighted by Crippen LogP contribution is -2.01. The van der Waals surface area contributed by atoms with Gasteiger partial charge in [0.15, 0.2) is 17.5 Å². The highest BCUT2D eigenvalue weighted by atomic mass is 32.1. The number of thiophene rings is 1. The Hall–Kier alpha value is -5.79. The van der Waals surface area contributed by atoms with Crippen LogP contribution in [0.2, 0.25) is 0 Å². The molecular formula is C37H22N6S. The molecular weight excluding hydrogens is 561 g/mol. The Kier molecular flexibility index (Phi) is 5.57. The zero-order valence-corrected chi connectivity index (χ0v) is 24.1. The second-order valence-electron chi connectivity index (χ2n) is 10.6. The van der Waals surface area contributed by atoms with Crippen molar-refractivity contribution in [2.24, 2.45) is 0 Å². The van der Waals surface area contributed by atoms with Crippen LogP contribution in [0.15, 0.2) is 134 Å². The van der Waals surface area contributed by atoms with Gasteiger partial charge in [0.2, 0.25) is 0 Å². The van der Waals surface area contributed by atoms with E-state index in [1.54, 1.807) is 17.7 Å². The summed E-state index contributed by atoms with van der Waals surface area (Å²) in [6, 6.07) is 41.7. The van der Waals surface area contributed by atoms with Crippen LogP contribution in [0.1, 0.15) is 0 Å². The van der Waals surface area contributed by atoms with E-state index in [4.69, 9.17) is 15.0 Å². The number of para-hydroxylation sites is 1. The van der Waals surface area contributed by atoms with E-state index in [2.05, 4.69) is 75.2 Å². The summed E-state index contributed by atoms with van der Waals surface area (Å²) in [5.74, 6) is 1.92. The van der Waals surface area contributed by atoms with Gasteiger partial charge in [-0.2, -0.15) is 0 Å². The third kappa shape index (κ3) is 3.98. The van der Waals surface area contributed by atoms with Crippen LogP contribution in [0, 0.1) is 0 Å².